The highest BCUT2D eigenvalue weighted by molar-refractivity contribution is 7.15. The van der Waals surface area contributed by atoms with Crippen LogP contribution in [0.2, 0.25) is 0 Å². The molecule has 1 aliphatic carbocycles. The van der Waals surface area contributed by atoms with Crippen LogP contribution in [0.25, 0.3) is 4.96 Å². The van der Waals surface area contributed by atoms with E-state index in [0.29, 0.717) is 0 Å². The molecule has 0 aromatic carbocycles. The number of thiazole rings is 1. The fourth-order valence-electron chi connectivity index (χ4n) is 2.64. The Bertz CT molecular complexity index is 575. The molecule has 0 saturated heterocycles. The number of aryl methyl sites for hydroxylation is 2. The summed E-state index contributed by atoms with van der Waals surface area (Å²) in [4.78, 5) is 5.75. The Hall–Kier alpha value is -0.870. The first-order chi connectivity index (χ1) is 8.49. The van der Waals surface area contributed by atoms with Gasteiger partial charge in [-0.1, -0.05) is 0 Å². The van der Waals surface area contributed by atoms with Gasteiger partial charge >= 0.3 is 0 Å². The number of hydrogen-bond donors (Lipinski definition) is 1. The molecule has 3 nitrogen and oxygen atoms in total. The lowest BCUT2D eigenvalue weighted by Crippen LogP contribution is -2.41. The van der Waals surface area contributed by atoms with Gasteiger partial charge < -0.3 is 5.32 Å². The van der Waals surface area contributed by atoms with Crippen LogP contribution in [-0.4, -0.2) is 14.9 Å². The van der Waals surface area contributed by atoms with E-state index in [4.69, 9.17) is 0 Å². The van der Waals surface area contributed by atoms with E-state index in [9.17, 15) is 0 Å². The summed E-state index contributed by atoms with van der Waals surface area (Å²) in [5.74, 6) is 0.852. The number of rotatable bonds is 4. The van der Waals surface area contributed by atoms with Crippen molar-refractivity contribution in [2.75, 3.05) is 0 Å². The van der Waals surface area contributed by atoms with Crippen molar-refractivity contribution >= 4 is 16.3 Å². The maximum atomic E-state index is 4.64. The fraction of sp³-hybridized carbons (Fsp3) is 0.643. The third-order valence-electron chi connectivity index (χ3n) is 4.14. The molecule has 1 aliphatic rings. The van der Waals surface area contributed by atoms with Gasteiger partial charge in [-0.3, -0.25) is 4.40 Å². The molecule has 0 unspecified atom stereocenters. The van der Waals surface area contributed by atoms with Crippen molar-refractivity contribution in [3.05, 3.63) is 22.5 Å². The second kappa shape index (κ2) is 4.07. The number of fused-ring (bicyclic) bond motifs is 1. The quantitative estimate of drug-likeness (QED) is 0.917. The number of aromatic nitrogens is 2. The molecule has 1 saturated carbocycles. The summed E-state index contributed by atoms with van der Waals surface area (Å²) in [5.41, 5.74) is 4.01. The first-order valence-corrected chi connectivity index (χ1v) is 7.54. The molecule has 2 heterocycles. The van der Waals surface area contributed by atoms with Gasteiger partial charge in [-0.2, -0.15) is 0 Å². The summed E-state index contributed by atoms with van der Waals surface area (Å²) in [5, 5.41) is 5.90. The fourth-order valence-corrected chi connectivity index (χ4v) is 3.57. The molecule has 0 bridgehead atoms. The maximum Gasteiger partial charge on any atom is 0.194 e. The summed E-state index contributed by atoms with van der Waals surface area (Å²) < 4.78 is 2.29. The molecule has 18 heavy (non-hydrogen) atoms. The third kappa shape index (κ3) is 1.97. The second-order valence-electron chi connectivity index (χ2n) is 5.99. The maximum absolute atomic E-state index is 4.64. The summed E-state index contributed by atoms with van der Waals surface area (Å²) >= 11 is 1.73. The van der Waals surface area contributed by atoms with Crippen LogP contribution >= 0.6 is 11.3 Å². The Balaban J connectivity index is 1.85. The Morgan fingerprint density at radius 1 is 1.44 bits per heavy atom. The summed E-state index contributed by atoms with van der Waals surface area (Å²) in [6.45, 7) is 9.81. The van der Waals surface area contributed by atoms with Gasteiger partial charge in [-0.25, -0.2) is 4.98 Å². The summed E-state index contributed by atoms with van der Waals surface area (Å²) in [6.07, 6.45) is 2.75. The van der Waals surface area contributed by atoms with Gasteiger partial charge in [-0.15, -0.1) is 11.3 Å². The van der Waals surface area contributed by atoms with E-state index in [1.165, 1.54) is 24.2 Å². The minimum Gasteiger partial charge on any atom is -0.306 e. The van der Waals surface area contributed by atoms with Crippen molar-refractivity contribution in [3.8, 4) is 0 Å². The van der Waals surface area contributed by atoms with Gasteiger partial charge in [0.1, 0.15) is 0 Å². The van der Waals surface area contributed by atoms with E-state index in [1.54, 1.807) is 11.3 Å². The SMILES string of the molecule is Cc1nc2scc(C)n2c1CNC(C)(C)C1CC1. The van der Waals surface area contributed by atoms with Gasteiger partial charge in [0.2, 0.25) is 0 Å². The van der Waals surface area contributed by atoms with Gasteiger partial charge in [0.15, 0.2) is 4.96 Å². The molecule has 1 N–H and O–H groups in total. The largest absolute Gasteiger partial charge is 0.306 e. The topological polar surface area (TPSA) is 29.3 Å². The lowest BCUT2D eigenvalue weighted by Gasteiger charge is -2.26. The van der Waals surface area contributed by atoms with E-state index < -0.39 is 0 Å². The first kappa shape index (κ1) is 12.2. The smallest absolute Gasteiger partial charge is 0.194 e. The molecule has 0 spiro atoms. The number of nitrogens with zero attached hydrogens (tertiary/aromatic N) is 2. The lowest BCUT2D eigenvalue weighted by atomic mass is 9.99. The monoisotopic (exact) mass is 263 g/mol. The number of imidazole rings is 1. The van der Waals surface area contributed by atoms with Crippen molar-refractivity contribution in [1.82, 2.24) is 14.7 Å². The predicted octanol–water partition coefficient (Wildman–Crippen LogP) is 3.29. The van der Waals surface area contributed by atoms with E-state index in [0.717, 1.165) is 23.1 Å². The molecular weight excluding hydrogens is 242 g/mol. The number of nitrogens with one attached hydrogen (secondary N) is 1. The van der Waals surface area contributed by atoms with Crippen molar-refractivity contribution < 1.29 is 0 Å². The average Bonchev–Trinajstić information content (AvgIpc) is 3.04. The molecule has 2 aromatic rings. The van der Waals surface area contributed by atoms with E-state index in [-0.39, 0.29) is 5.54 Å². The molecule has 1 fully saturated rings. The van der Waals surface area contributed by atoms with Crippen molar-refractivity contribution in [2.45, 2.75) is 52.6 Å². The van der Waals surface area contributed by atoms with Crippen LogP contribution in [0.4, 0.5) is 0 Å². The van der Waals surface area contributed by atoms with Crippen LogP contribution in [0.15, 0.2) is 5.38 Å². The minimum atomic E-state index is 0.251. The summed E-state index contributed by atoms with van der Waals surface area (Å²) in [7, 11) is 0. The Kier molecular flexibility index (Phi) is 2.75. The van der Waals surface area contributed by atoms with E-state index in [2.05, 4.69) is 47.8 Å². The van der Waals surface area contributed by atoms with Crippen LogP contribution in [0.3, 0.4) is 0 Å². The Morgan fingerprint density at radius 3 is 2.83 bits per heavy atom. The molecule has 0 radical (unpaired) electrons. The van der Waals surface area contributed by atoms with Crippen molar-refractivity contribution in [3.63, 3.8) is 0 Å². The Morgan fingerprint density at radius 2 is 2.17 bits per heavy atom. The van der Waals surface area contributed by atoms with Crippen molar-refractivity contribution in [1.29, 1.82) is 0 Å². The highest BCUT2D eigenvalue weighted by atomic mass is 32.1. The van der Waals surface area contributed by atoms with E-state index in [1.807, 2.05) is 0 Å². The standard InChI is InChI=1S/C14H21N3S/c1-9-8-18-13-16-10(2)12(17(9)13)7-15-14(3,4)11-5-6-11/h8,11,15H,5-7H2,1-4H3. The molecule has 0 atom stereocenters. The molecule has 0 amide bonds. The van der Waals surface area contributed by atoms with Crippen LogP contribution in [0.5, 0.6) is 0 Å². The van der Waals surface area contributed by atoms with Crippen molar-refractivity contribution in [2.24, 2.45) is 5.92 Å². The number of hydrogen-bond acceptors (Lipinski definition) is 3. The average molecular weight is 263 g/mol. The zero-order valence-corrected chi connectivity index (χ0v) is 12.4. The Labute approximate surface area is 112 Å². The zero-order valence-electron chi connectivity index (χ0n) is 11.6. The van der Waals surface area contributed by atoms with E-state index >= 15 is 0 Å². The van der Waals surface area contributed by atoms with Gasteiger partial charge in [0.25, 0.3) is 0 Å². The zero-order chi connectivity index (χ0) is 12.9. The molecule has 0 aliphatic heterocycles. The molecule has 3 rings (SSSR count). The molecular formula is C14H21N3S. The van der Waals surface area contributed by atoms with Gasteiger partial charge in [-0.05, 0) is 46.5 Å². The minimum absolute atomic E-state index is 0.251. The van der Waals surface area contributed by atoms with Gasteiger partial charge in [0, 0.05) is 23.2 Å². The highest BCUT2D eigenvalue weighted by Crippen LogP contribution is 2.39. The first-order valence-electron chi connectivity index (χ1n) is 6.66. The third-order valence-corrected chi connectivity index (χ3v) is 5.08. The molecule has 98 valence electrons. The van der Waals surface area contributed by atoms with Crippen LogP contribution < -0.4 is 5.32 Å². The molecule has 4 heteroatoms. The highest BCUT2D eigenvalue weighted by Gasteiger charge is 2.37. The second-order valence-corrected chi connectivity index (χ2v) is 6.83. The van der Waals surface area contributed by atoms with Gasteiger partial charge in [0.05, 0.1) is 11.4 Å². The summed E-state index contributed by atoms with van der Waals surface area (Å²) in [6, 6.07) is 0. The van der Waals surface area contributed by atoms with Crippen LogP contribution in [-0.2, 0) is 6.54 Å². The van der Waals surface area contributed by atoms with Crippen LogP contribution in [0, 0.1) is 19.8 Å². The predicted molar refractivity (Wildman–Crippen MR) is 76.2 cm³/mol. The van der Waals surface area contributed by atoms with Crippen LogP contribution in [0.1, 0.15) is 43.8 Å². The normalized spacial score (nSPS) is 16.7. The lowest BCUT2D eigenvalue weighted by molar-refractivity contribution is 0.337. The molecule has 2 aromatic heterocycles.